The van der Waals surface area contributed by atoms with E-state index in [2.05, 4.69) is 128 Å². The first-order valence-electron chi connectivity index (χ1n) is 12.9. The van der Waals surface area contributed by atoms with E-state index in [0.717, 1.165) is 6.42 Å². The molecule has 0 nitrogen and oxygen atoms in total. The van der Waals surface area contributed by atoms with Gasteiger partial charge in [-0.2, -0.15) is 0 Å². The zero-order valence-electron chi connectivity index (χ0n) is 21.6. The third kappa shape index (κ3) is 6.95. The van der Waals surface area contributed by atoms with E-state index in [1.807, 2.05) is 0 Å². The molecule has 3 heteroatoms. The molecule has 38 heavy (non-hydrogen) atoms. The number of hydrogen-bond donors (Lipinski definition) is 0. The second-order valence-electron chi connectivity index (χ2n) is 9.36. The third-order valence-corrected chi connectivity index (χ3v) is 8.31. The monoisotopic (exact) mass is 611 g/mol. The van der Waals surface area contributed by atoms with E-state index >= 15 is 0 Å². The van der Waals surface area contributed by atoms with Gasteiger partial charge in [0.25, 0.3) is 0 Å². The normalized spacial score (nSPS) is 12.1. The Morgan fingerprint density at radius 2 is 1.34 bits per heavy atom. The van der Waals surface area contributed by atoms with Crippen LogP contribution in [0.15, 0.2) is 127 Å². The summed E-state index contributed by atoms with van der Waals surface area (Å²) in [4.78, 5) is 0. The van der Waals surface area contributed by atoms with Gasteiger partial charge in [0.15, 0.2) is 0 Å². The Balaban J connectivity index is 0.000000219. The summed E-state index contributed by atoms with van der Waals surface area (Å²) in [6.45, 7) is 2.26. The molecule has 1 aliphatic rings. The van der Waals surface area contributed by atoms with E-state index in [4.69, 9.17) is 0 Å². The Kier molecular flexibility index (Phi) is 11.6. The van der Waals surface area contributed by atoms with Crippen LogP contribution in [0.3, 0.4) is 0 Å². The fraction of sp³-hybridized carbons (Fsp3) is 0.143. The van der Waals surface area contributed by atoms with Crippen molar-refractivity contribution in [1.82, 2.24) is 0 Å². The summed E-state index contributed by atoms with van der Waals surface area (Å²) in [5.41, 5.74) is 7.07. The molecule has 0 aromatic heterocycles. The second-order valence-corrected chi connectivity index (χ2v) is 10.6. The standard InChI is InChI=1S/C22H21.C13H10.2ClH.Zr/c1-2-3-7-16-12-13-18(14-16)20-10-6-11-21-19-9-5-4-8-17(19)15-22(20)21;1-3-7-12(8-4-1)11-13-9-5-2-6-10-13;;;/h4-6,8-12,14-15H,2-3,7,13H2,1H3;1-10H;2*1H;/q-1;;;;+2/p-2. The first-order valence-corrected chi connectivity index (χ1v) is 14.1. The van der Waals surface area contributed by atoms with Gasteiger partial charge in [0.2, 0.25) is 0 Å². The van der Waals surface area contributed by atoms with Gasteiger partial charge in [0.1, 0.15) is 0 Å². The molecule has 0 radical (unpaired) electrons. The minimum atomic E-state index is 0. The topological polar surface area (TPSA) is 0 Å². The number of rotatable bonds is 6. The molecular weight excluding hydrogens is 583 g/mol. The molecule has 0 heterocycles. The third-order valence-electron chi connectivity index (χ3n) is 6.89. The van der Waals surface area contributed by atoms with Crippen LogP contribution in [0.25, 0.3) is 27.1 Å². The number of unbranched alkanes of at least 4 members (excludes halogenated alkanes) is 1. The van der Waals surface area contributed by atoms with Crippen molar-refractivity contribution in [2.24, 2.45) is 0 Å². The Bertz CT molecular complexity index is 1500. The number of allylic oxidation sites excluding steroid dienone is 4. The summed E-state index contributed by atoms with van der Waals surface area (Å²) in [5.74, 6) is 0. The van der Waals surface area contributed by atoms with E-state index in [0.29, 0.717) is 0 Å². The fourth-order valence-corrected chi connectivity index (χ4v) is 5.78. The van der Waals surface area contributed by atoms with E-state index < -0.39 is 0 Å². The first-order chi connectivity index (χ1) is 17.7. The zero-order valence-corrected chi connectivity index (χ0v) is 25.6. The van der Waals surface area contributed by atoms with E-state index in [9.17, 15) is 0 Å². The van der Waals surface area contributed by atoms with Gasteiger partial charge >= 0.3 is 99.2 Å². The van der Waals surface area contributed by atoms with E-state index in [-0.39, 0.29) is 24.8 Å². The van der Waals surface area contributed by atoms with Crippen LogP contribution in [0.1, 0.15) is 49.3 Å². The van der Waals surface area contributed by atoms with Crippen LogP contribution in [-0.4, -0.2) is 3.21 Å². The van der Waals surface area contributed by atoms with Crippen LogP contribution in [0.2, 0.25) is 0 Å². The fourth-order valence-electron chi connectivity index (χ4n) is 4.96. The van der Waals surface area contributed by atoms with Crippen LogP contribution >= 0.6 is 0 Å². The summed E-state index contributed by atoms with van der Waals surface area (Å²) in [5, 5.41) is 5.51. The number of halogens is 2. The number of benzene rings is 4. The van der Waals surface area contributed by atoms with Crippen molar-refractivity contribution in [3.05, 3.63) is 144 Å². The summed E-state index contributed by atoms with van der Waals surface area (Å²) < 4.78 is 1.42. The van der Waals surface area contributed by atoms with Gasteiger partial charge < -0.3 is 24.8 Å². The SMILES string of the molecule is CCCCC1=CCC(c2cccc3c2[cH-]c2ccccc23)=C1.[Cl-].[Cl-].[Zr+2]=[C](c1ccccc1)c1ccccc1. The van der Waals surface area contributed by atoms with Crippen molar-refractivity contribution in [1.29, 1.82) is 0 Å². The molecule has 5 aromatic rings. The number of fused-ring (bicyclic) bond motifs is 3. The van der Waals surface area contributed by atoms with Crippen LogP contribution in [0, 0.1) is 0 Å². The van der Waals surface area contributed by atoms with Crippen LogP contribution in [-0.2, 0) is 24.2 Å². The number of hydrogen-bond acceptors (Lipinski definition) is 0. The second kappa shape index (κ2) is 14.6. The maximum atomic E-state index is 2.42. The molecule has 0 amide bonds. The Labute approximate surface area is 254 Å². The molecule has 0 atom stereocenters. The van der Waals surface area contributed by atoms with Gasteiger partial charge in [-0.1, -0.05) is 78.6 Å². The zero-order chi connectivity index (χ0) is 24.7. The average Bonchev–Trinajstić information content (AvgIpc) is 3.57. The van der Waals surface area contributed by atoms with Gasteiger partial charge in [-0.05, 0) is 19.3 Å². The van der Waals surface area contributed by atoms with Gasteiger partial charge in [-0.25, -0.2) is 0 Å². The molecule has 0 fully saturated rings. The van der Waals surface area contributed by atoms with E-state index in [1.165, 1.54) is 96.1 Å². The molecule has 5 aromatic carbocycles. The molecule has 0 unspecified atom stereocenters. The van der Waals surface area contributed by atoms with Crippen LogP contribution < -0.4 is 24.8 Å². The average molecular weight is 614 g/mol. The summed E-state index contributed by atoms with van der Waals surface area (Å²) in [6.07, 6.45) is 9.69. The van der Waals surface area contributed by atoms with E-state index in [1.54, 1.807) is 0 Å². The Morgan fingerprint density at radius 1 is 0.737 bits per heavy atom. The van der Waals surface area contributed by atoms with Crippen molar-refractivity contribution in [3.8, 4) is 0 Å². The Morgan fingerprint density at radius 3 is 2.00 bits per heavy atom. The molecule has 0 saturated carbocycles. The molecular formula is C35H31Cl2Zr-. The molecule has 0 bridgehead atoms. The molecule has 0 aliphatic heterocycles. The minimum absolute atomic E-state index is 0. The summed E-state index contributed by atoms with van der Waals surface area (Å²) >= 11 is 1.46. The quantitative estimate of drug-likeness (QED) is 0.258. The molecule has 1 aliphatic carbocycles. The first kappa shape index (κ1) is 30.1. The van der Waals surface area contributed by atoms with Gasteiger partial charge in [0, 0.05) is 0 Å². The molecule has 190 valence electrons. The summed E-state index contributed by atoms with van der Waals surface area (Å²) in [6, 6.07) is 38.9. The Hall–Kier alpha value is -2.44. The van der Waals surface area contributed by atoms with Crippen molar-refractivity contribution >= 4 is 30.3 Å². The molecule has 0 saturated heterocycles. The molecule has 0 spiro atoms. The van der Waals surface area contributed by atoms with Crippen LogP contribution in [0.4, 0.5) is 0 Å². The van der Waals surface area contributed by atoms with Crippen molar-refractivity contribution in [2.75, 3.05) is 0 Å². The van der Waals surface area contributed by atoms with Crippen molar-refractivity contribution in [3.63, 3.8) is 0 Å². The maximum absolute atomic E-state index is 2.42. The predicted octanol–water partition coefficient (Wildman–Crippen LogP) is 3.43. The van der Waals surface area contributed by atoms with Crippen molar-refractivity contribution < 1.29 is 49.0 Å². The van der Waals surface area contributed by atoms with Gasteiger partial charge in [0.05, 0.1) is 0 Å². The summed E-state index contributed by atoms with van der Waals surface area (Å²) in [7, 11) is 0. The predicted molar refractivity (Wildman–Crippen MR) is 153 cm³/mol. The van der Waals surface area contributed by atoms with Gasteiger partial charge in [-0.3, -0.25) is 0 Å². The van der Waals surface area contributed by atoms with Crippen molar-refractivity contribution in [2.45, 2.75) is 32.6 Å². The molecule has 6 rings (SSSR count). The van der Waals surface area contributed by atoms with Crippen LogP contribution in [0.5, 0.6) is 0 Å². The molecule has 0 N–H and O–H groups in total. The van der Waals surface area contributed by atoms with Gasteiger partial charge in [-0.15, -0.1) is 33.7 Å².